The lowest BCUT2D eigenvalue weighted by molar-refractivity contribution is 0.630. The van der Waals surface area contributed by atoms with Crippen molar-refractivity contribution < 1.29 is 0 Å². The monoisotopic (exact) mass is 568 g/mol. The van der Waals surface area contributed by atoms with E-state index in [2.05, 4.69) is 22.0 Å². The topological polar surface area (TPSA) is 80.4 Å². The molecule has 0 saturated heterocycles. The summed E-state index contributed by atoms with van der Waals surface area (Å²) in [6, 6.07) is 26.7. The number of para-hydroxylation sites is 1. The van der Waals surface area contributed by atoms with Crippen molar-refractivity contribution in [2.75, 3.05) is 0 Å². The highest BCUT2D eigenvalue weighted by atomic mass is 79.9. The Balaban J connectivity index is 1.68. The van der Waals surface area contributed by atoms with Gasteiger partial charge in [-0.05, 0) is 48.9 Å². The van der Waals surface area contributed by atoms with Gasteiger partial charge < -0.3 is 0 Å². The predicted octanol–water partition coefficient (Wildman–Crippen LogP) is 5.76. The molecule has 0 aliphatic rings. The molecule has 182 valence electrons. The standard InChI is InChI=1S/C28H21BrN6OS/c1-19-26(27(36)35(33(19)2)24-9-4-3-5-10-24)32-28-34(31-17-21-13-11-20(16-30)12-14-21)25(18-37-28)22-7-6-8-23(29)15-22/h3-15,17-18H,1-2H3. The fourth-order valence-electron chi connectivity index (χ4n) is 3.88. The zero-order valence-corrected chi connectivity index (χ0v) is 22.4. The van der Waals surface area contributed by atoms with Gasteiger partial charge in [-0.15, -0.1) is 11.3 Å². The molecular weight excluding hydrogens is 548 g/mol. The second-order valence-electron chi connectivity index (χ2n) is 8.23. The molecule has 9 heteroatoms. The molecule has 0 N–H and O–H groups in total. The quantitative estimate of drug-likeness (QED) is 0.252. The van der Waals surface area contributed by atoms with E-state index in [1.165, 1.54) is 11.3 Å². The molecule has 3 aromatic carbocycles. The zero-order chi connectivity index (χ0) is 25.9. The molecule has 0 unspecified atom stereocenters. The number of nitriles is 1. The predicted molar refractivity (Wildman–Crippen MR) is 151 cm³/mol. The third kappa shape index (κ3) is 4.89. The number of nitrogens with zero attached hydrogens (tertiary/aromatic N) is 6. The average molecular weight is 569 g/mol. The minimum Gasteiger partial charge on any atom is -0.283 e. The minimum absolute atomic E-state index is 0.203. The normalized spacial score (nSPS) is 11.8. The van der Waals surface area contributed by atoms with Crippen molar-refractivity contribution in [3.8, 4) is 23.0 Å². The molecule has 5 aromatic rings. The second-order valence-corrected chi connectivity index (χ2v) is 9.98. The van der Waals surface area contributed by atoms with E-state index in [9.17, 15) is 4.79 Å². The van der Waals surface area contributed by atoms with Crippen LogP contribution in [0, 0.1) is 18.3 Å². The molecule has 5 rings (SSSR count). The van der Waals surface area contributed by atoms with Crippen molar-refractivity contribution in [2.45, 2.75) is 6.92 Å². The number of benzene rings is 3. The van der Waals surface area contributed by atoms with E-state index in [0.29, 0.717) is 16.1 Å². The average Bonchev–Trinajstić information content (AvgIpc) is 3.42. The Morgan fingerprint density at radius 2 is 1.78 bits per heavy atom. The van der Waals surface area contributed by atoms with Gasteiger partial charge in [0.1, 0.15) is 0 Å². The number of thiazole rings is 1. The summed E-state index contributed by atoms with van der Waals surface area (Å²) >= 11 is 4.95. The van der Waals surface area contributed by atoms with E-state index in [1.54, 1.807) is 27.7 Å². The van der Waals surface area contributed by atoms with Gasteiger partial charge in [-0.1, -0.05) is 58.4 Å². The molecule has 0 spiro atoms. The number of aromatic nitrogens is 3. The summed E-state index contributed by atoms with van der Waals surface area (Å²) in [5, 5.41) is 15.8. The van der Waals surface area contributed by atoms with Crippen molar-refractivity contribution in [2.24, 2.45) is 17.1 Å². The van der Waals surface area contributed by atoms with Crippen LogP contribution in [0.2, 0.25) is 0 Å². The molecule has 0 bridgehead atoms. The van der Waals surface area contributed by atoms with E-state index in [1.807, 2.05) is 90.8 Å². The maximum atomic E-state index is 13.5. The van der Waals surface area contributed by atoms with E-state index < -0.39 is 0 Å². The first-order chi connectivity index (χ1) is 18.0. The number of hydrogen-bond acceptors (Lipinski definition) is 5. The molecule has 0 atom stereocenters. The van der Waals surface area contributed by atoms with Crippen LogP contribution in [0.5, 0.6) is 0 Å². The highest BCUT2D eigenvalue weighted by Crippen LogP contribution is 2.24. The Labute approximate surface area is 225 Å². The summed E-state index contributed by atoms with van der Waals surface area (Å²) in [7, 11) is 1.85. The molecule has 0 amide bonds. The molecule has 0 radical (unpaired) electrons. The van der Waals surface area contributed by atoms with Crippen LogP contribution in [-0.4, -0.2) is 20.3 Å². The van der Waals surface area contributed by atoms with Crippen LogP contribution in [0.4, 0.5) is 5.69 Å². The Bertz CT molecular complexity index is 1780. The molecule has 2 heterocycles. The van der Waals surface area contributed by atoms with Gasteiger partial charge in [0, 0.05) is 22.5 Å². The van der Waals surface area contributed by atoms with Crippen LogP contribution in [0.3, 0.4) is 0 Å². The van der Waals surface area contributed by atoms with Crippen molar-refractivity contribution in [1.29, 1.82) is 5.26 Å². The Kier molecular flexibility index (Phi) is 6.86. The molecule has 0 saturated carbocycles. The van der Waals surface area contributed by atoms with Crippen molar-refractivity contribution in [3.63, 3.8) is 0 Å². The van der Waals surface area contributed by atoms with Crippen LogP contribution in [0.1, 0.15) is 16.8 Å². The summed E-state index contributed by atoms with van der Waals surface area (Å²) in [4.78, 5) is 18.8. The largest absolute Gasteiger partial charge is 0.297 e. The van der Waals surface area contributed by atoms with Gasteiger partial charge in [0.25, 0.3) is 5.56 Å². The maximum absolute atomic E-state index is 13.5. The first-order valence-electron chi connectivity index (χ1n) is 11.4. The van der Waals surface area contributed by atoms with E-state index in [4.69, 9.17) is 15.4 Å². The van der Waals surface area contributed by atoms with Crippen molar-refractivity contribution in [1.82, 2.24) is 14.0 Å². The lowest BCUT2D eigenvalue weighted by Crippen LogP contribution is -2.19. The van der Waals surface area contributed by atoms with E-state index >= 15 is 0 Å². The van der Waals surface area contributed by atoms with Gasteiger partial charge in [-0.25, -0.2) is 14.4 Å². The third-order valence-corrected chi connectivity index (χ3v) is 7.21. The van der Waals surface area contributed by atoms with Gasteiger partial charge >= 0.3 is 0 Å². The molecule has 37 heavy (non-hydrogen) atoms. The Morgan fingerprint density at radius 3 is 2.49 bits per heavy atom. The molecular formula is C28H21BrN6OS. The first kappa shape index (κ1) is 24.4. The number of hydrogen-bond donors (Lipinski definition) is 0. The van der Waals surface area contributed by atoms with Gasteiger partial charge in [-0.2, -0.15) is 10.4 Å². The fraction of sp³-hybridized carbons (Fsp3) is 0.0714. The fourth-order valence-corrected chi connectivity index (χ4v) is 5.12. The van der Waals surface area contributed by atoms with E-state index in [0.717, 1.165) is 32.7 Å². The lowest BCUT2D eigenvalue weighted by Gasteiger charge is -2.07. The van der Waals surface area contributed by atoms with Crippen LogP contribution < -0.4 is 10.4 Å². The SMILES string of the molecule is Cc1c(N=c2scc(-c3cccc(Br)c3)n2N=Cc2ccc(C#N)cc2)c(=O)n(-c2ccccc2)n1C. The summed E-state index contributed by atoms with van der Waals surface area (Å²) in [5.41, 5.74) is 4.89. The smallest absolute Gasteiger partial charge is 0.283 e. The van der Waals surface area contributed by atoms with Crippen LogP contribution in [-0.2, 0) is 7.05 Å². The first-order valence-corrected chi connectivity index (χ1v) is 13.0. The summed E-state index contributed by atoms with van der Waals surface area (Å²) < 4.78 is 6.11. The second kappa shape index (κ2) is 10.4. The van der Waals surface area contributed by atoms with Gasteiger partial charge in [0.05, 0.1) is 34.9 Å². The molecule has 0 aliphatic heterocycles. The van der Waals surface area contributed by atoms with Crippen LogP contribution in [0.25, 0.3) is 16.9 Å². The minimum atomic E-state index is -0.203. The zero-order valence-electron chi connectivity index (χ0n) is 20.0. The van der Waals surface area contributed by atoms with Crippen LogP contribution >= 0.6 is 27.3 Å². The molecule has 0 fully saturated rings. The van der Waals surface area contributed by atoms with Crippen molar-refractivity contribution >= 4 is 39.2 Å². The highest BCUT2D eigenvalue weighted by Gasteiger charge is 2.17. The van der Waals surface area contributed by atoms with Crippen molar-refractivity contribution in [3.05, 3.63) is 121 Å². The summed E-state index contributed by atoms with van der Waals surface area (Å²) in [6.45, 7) is 1.88. The molecule has 7 nitrogen and oxygen atoms in total. The van der Waals surface area contributed by atoms with Gasteiger partial charge in [0.2, 0.25) is 4.80 Å². The van der Waals surface area contributed by atoms with Gasteiger partial charge in [0.15, 0.2) is 5.69 Å². The lowest BCUT2D eigenvalue weighted by atomic mass is 10.2. The molecule has 2 aromatic heterocycles. The molecule has 0 aliphatic carbocycles. The third-order valence-electron chi connectivity index (χ3n) is 5.90. The maximum Gasteiger partial charge on any atom is 0.297 e. The highest BCUT2D eigenvalue weighted by molar-refractivity contribution is 9.10. The van der Waals surface area contributed by atoms with E-state index in [-0.39, 0.29) is 5.56 Å². The summed E-state index contributed by atoms with van der Waals surface area (Å²) in [5.74, 6) is 0. The number of rotatable bonds is 5. The Morgan fingerprint density at radius 1 is 1.03 bits per heavy atom. The van der Waals surface area contributed by atoms with Crippen LogP contribution in [0.15, 0.2) is 104 Å². The summed E-state index contributed by atoms with van der Waals surface area (Å²) in [6.07, 6.45) is 1.72. The number of halogens is 1. The van der Waals surface area contributed by atoms with Gasteiger partial charge in [-0.3, -0.25) is 9.48 Å². The Hall–Kier alpha value is -4.26.